The molecule has 1 aliphatic carbocycles. The summed E-state index contributed by atoms with van der Waals surface area (Å²) in [5.74, 6) is -1.74. The summed E-state index contributed by atoms with van der Waals surface area (Å²) in [4.78, 5) is 18.8. The molecule has 11 heteroatoms. The molecule has 0 bridgehead atoms. The lowest BCUT2D eigenvalue weighted by molar-refractivity contribution is -0.187. The SMILES string of the molecule is O=C(N1CCN(C2(c3ccc(SNc4ccc(Cl)c5c(Cl)c[nH]c45)cc3)CC2)CC1)C(F)(F)F. The topological polar surface area (TPSA) is 51.4 Å². The molecule has 0 unspecified atom stereocenters. The number of nitrogens with one attached hydrogen (secondary N) is 2. The van der Waals surface area contributed by atoms with Crippen molar-refractivity contribution in [3.05, 3.63) is 58.2 Å². The van der Waals surface area contributed by atoms with Gasteiger partial charge in [0.15, 0.2) is 0 Å². The van der Waals surface area contributed by atoms with Crippen molar-refractivity contribution in [3.8, 4) is 0 Å². The summed E-state index contributed by atoms with van der Waals surface area (Å²) in [7, 11) is 0. The van der Waals surface area contributed by atoms with Gasteiger partial charge in [0.2, 0.25) is 0 Å². The number of rotatable bonds is 5. The Morgan fingerprint density at radius 3 is 2.29 bits per heavy atom. The molecule has 5 rings (SSSR count). The lowest BCUT2D eigenvalue weighted by atomic mass is 10.0. The number of aromatic amines is 1. The van der Waals surface area contributed by atoms with Crippen LogP contribution in [-0.2, 0) is 10.3 Å². The molecular formula is C23H21Cl2F3N4OS. The first kappa shape index (κ1) is 23.7. The second-order valence-corrected chi connectivity index (χ2v) is 10.2. The van der Waals surface area contributed by atoms with Gasteiger partial charge in [-0.1, -0.05) is 35.3 Å². The van der Waals surface area contributed by atoms with Gasteiger partial charge < -0.3 is 14.6 Å². The van der Waals surface area contributed by atoms with Crippen molar-refractivity contribution in [1.29, 1.82) is 0 Å². The molecule has 2 aromatic carbocycles. The predicted octanol–water partition coefficient (Wildman–Crippen LogP) is 6.29. The Bertz CT molecular complexity index is 1220. The molecular weight excluding hydrogens is 508 g/mol. The monoisotopic (exact) mass is 528 g/mol. The molecule has 2 fully saturated rings. The number of anilines is 1. The molecule has 1 amide bonds. The molecule has 2 heterocycles. The molecule has 180 valence electrons. The standard InChI is InChI=1S/C23H21Cl2F3N4OS/c24-16-5-6-18(20-19(16)17(25)13-29-20)30-34-15-3-1-14(2-4-15)22(7-8-22)32-11-9-31(10-12-32)21(33)23(26,27)28/h1-6,13,29-30H,7-12H2. The van der Waals surface area contributed by atoms with Crippen molar-refractivity contribution < 1.29 is 18.0 Å². The first-order valence-corrected chi connectivity index (χ1v) is 12.4. The molecule has 3 aromatic rings. The first-order chi connectivity index (χ1) is 16.2. The minimum Gasteiger partial charge on any atom is -0.358 e. The van der Waals surface area contributed by atoms with Crippen LogP contribution in [0, 0.1) is 0 Å². The molecule has 1 saturated carbocycles. The van der Waals surface area contributed by atoms with Gasteiger partial charge in [0.05, 0.1) is 21.2 Å². The quantitative estimate of drug-likeness (QED) is 0.382. The Morgan fingerprint density at radius 2 is 1.68 bits per heavy atom. The molecule has 0 atom stereocenters. The van der Waals surface area contributed by atoms with Crippen LogP contribution in [0.4, 0.5) is 18.9 Å². The number of amides is 1. The Balaban J connectivity index is 1.23. The highest BCUT2D eigenvalue weighted by Crippen LogP contribution is 2.51. The van der Waals surface area contributed by atoms with Crippen LogP contribution in [-0.4, -0.2) is 53.0 Å². The van der Waals surface area contributed by atoms with Gasteiger partial charge in [-0.15, -0.1) is 0 Å². The molecule has 5 nitrogen and oxygen atoms in total. The van der Waals surface area contributed by atoms with Gasteiger partial charge in [-0.05, 0) is 54.6 Å². The third-order valence-corrected chi connectivity index (χ3v) is 7.99. The fourth-order valence-electron chi connectivity index (χ4n) is 4.62. The van der Waals surface area contributed by atoms with E-state index < -0.39 is 12.1 Å². The summed E-state index contributed by atoms with van der Waals surface area (Å²) in [6, 6.07) is 11.9. The zero-order valence-electron chi connectivity index (χ0n) is 17.9. The minimum atomic E-state index is -4.81. The number of H-pyrrole nitrogens is 1. The largest absolute Gasteiger partial charge is 0.471 e. The van der Waals surface area contributed by atoms with Crippen LogP contribution >= 0.6 is 35.1 Å². The number of hydrogen-bond acceptors (Lipinski definition) is 4. The molecule has 1 saturated heterocycles. The van der Waals surface area contributed by atoms with E-state index >= 15 is 0 Å². The number of carbonyl (C=O) groups is 1. The number of aromatic nitrogens is 1. The maximum absolute atomic E-state index is 12.7. The smallest absolute Gasteiger partial charge is 0.358 e. The number of hydrogen-bond donors (Lipinski definition) is 2. The van der Waals surface area contributed by atoms with Gasteiger partial charge in [0, 0.05) is 48.2 Å². The number of carbonyl (C=O) groups excluding carboxylic acids is 1. The van der Waals surface area contributed by atoms with E-state index in [2.05, 4.69) is 26.7 Å². The normalized spacial score (nSPS) is 18.3. The molecule has 0 radical (unpaired) electrons. The van der Waals surface area contributed by atoms with E-state index in [9.17, 15) is 18.0 Å². The zero-order chi connectivity index (χ0) is 24.1. The van der Waals surface area contributed by atoms with E-state index in [1.54, 1.807) is 12.3 Å². The Kier molecular flexibility index (Phi) is 6.16. The van der Waals surface area contributed by atoms with Crippen molar-refractivity contribution >= 4 is 57.6 Å². The van der Waals surface area contributed by atoms with Gasteiger partial charge in [-0.3, -0.25) is 9.69 Å². The van der Waals surface area contributed by atoms with Gasteiger partial charge in [0.1, 0.15) is 0 Å². The van der Waals surface area contributed by atoms with Crippen LogP contribution in [0.3, 0.4) is 0 Å². The Morgan fingerprint density at radius 1 is 1.00 bits per heavy atom. The van der Waals surface area contributed by atoms with E-state index in [0.717, 1.165) is 44.8 Å². The predicted molar refractivity (Wildman–Crippen MR) is 129 cm³/mol. The van der Waals surface area contributed by atoms with Crippen molar-refractivity contribution in [2.45, 2.75) is 29.5 Å². The molecule has 1 aromatic heterocycles. The third-order valence-electron chi connectivity index (χ3n) is 6.55. The molecule has 1 aliphatic heterocycles. The summed E-state index contributed by atoms with van der Waals surface area (Å²) in [6.07, 6.45) is -1.19. The van der Waals surface area contributed by atoms with Crippen molar-refractivity contribution in [2.24, 2.45) is 0 Å². The van der Waals surface area contributed by atoms with E-state index in [1.807, 2.05) is 18.2 Å². The molecule has 2 aliphatic rings. The van der Waals surface area contributed by atoms with Gasteiger partial charge in [-0.25, -0.2) is 0 Å². The average Bonchev–Trinajstić information content (AvgIpc) is 3.54. The van der Waals surface area contributed by atoms with Crippen LogP contribution < -0.4 is 4.72 Å². The molecule has 34 heavy (non-hydrogen) atoms. The number of benzene rings is 2. The lowest BCUT2D eigenvalue weighted by Gasteiger charge is -2.40. The van der Waals surface area contributed by atoms with E-state index in [1.165, 1.54) is 11.9 Å². The van der Waals surface area contributed by atoms with Crippen LogP contribution in [0.15, 0.2) is 47.5 Å². The zero-order valence-corrected chi connectivity index (χ0v) is 20.2. The Hall–Kier alpha value is -2.07. The van der Waals surface area contributed by atoms with Crippen molar-refractivity contribution in [3.63, 3.8) is 0 Å². The lowest BCUT2D eigenvalue weighted by Crippen LogP contribution is -2.54. The van der Waals surface area contributed by atoms with E-state index in [4.69, 9.17) is 23.2 Å². The summed E-state index contributed by atoms with van der Waals surface area (Å²) in [6.45, 7) is 1.06. The summed E-state index contributed by atoms with van der Waals surface area (Å²) < 4.78 is 41.5. The minimum absolute atomic E-state index is 0.0935. The van der Waals surface area contributed by atoms with Crippen molar-refractivity contribution in [2.75, 3.05) is 30.9 Å². The van der Waals surface area contributed by atoms with Crippen molar-refractivity contribution in [1.82, 2.24) is 14.8 Å². The summed E-state index contributed by atoms with van der Waals surface area (Å²) in [5.41, 5.74) is 2.71. The number of piperazine rings is 1. The third kappa shape index (κ3) is 4.34. The highest BCUT2D eigenvalue weighted by atomic mass is 35.5. The van der Waals surface area contributed by atoms with Crippen LogP contribution in [0.5, 0.6) is 0 Å². The molecule has 2 N–H and O–H groups in total. The maximum atomic E-state index is 12.7. The van der Waals surface area contributed by atoms with E-state index in [0.29, 0.717) is 23.1 Å². The first-order valence-electron chi connectivity index (χ1n) is 10.8. The highest BCUT2D eigenvalue weighted by molar-refractivity contribution is 8.00. The van der Waals surface area contributed by atoms with Crippen LogP contribution in [0.1, 0.15) is 18.4 Å². The number of nitrogens with zero attached hydrogens (tertiary/aromatic N) is 2. The van der Waals surface area contributed by atoms with Gasteiger partial charge in [-0.2, -0.15) is 13.2 Å². The van der Waals surface area contributed by atoms with Crippen LogP contribution in [0.2, 0.25) is 10.0 Å². The number of halogens is 5. The maximum Gasteiger partial charge on any atom is 0.471 e. The van der Waals surface area contributed by atoms with Gasteiger partial charge >= 0.3 is 12.1 Å². The van der Waals surface area contributed by atoms with Crippen LogP contribution in [0.25, 0.3) is 10.9 Å². The second kappa shape index (κ2) is 8.86. The fraction of sp³-hybridized carbons (Fsp3) is 0.348. The summed E-state index contributed by atoms with van der Waals surface area (Å²) in [5, 5.41) is 1.92. The number of alkyl halides is 3. The second-order valence-electron chi connectivity index (χ2n) is 8.52. The molecule has 0 spiro atoms. The van der Waals surface area contributed by atoms with E-state index in [-0.39, 0.29) is 18.6 Å². The highest BCUT2D eigenvalue weighted by Gasteiger charge is 2.51. The Labute approximate surface area is 208 Å². The number of fused-ring (bicyclic) bond motifs is 1. The van der Waals surface area contributed by atoms with Gasteiger partial charge in [0.25, 0.3) is 0 Å². The average molecular weight is 529 g/mol. The fourth-order valence-corrected chi connectivity index (χ4v) is 5.85. The summed E-state index contributed by atoms with van der Waals surface area (Å²) >= 11 is 13.9.